The number of likely N-dealkylation sites (tertiary alicyclic amines) is 1. The van der Waals surface area contributed by atoms with Crippen LogP contribution in [0.4, 0.5) is 5.69 Å². The molecule has 0 radical (unpaired) electrons. The summed E-state index contributed by atoms with van der Waals surface area (Å²) in [5, 5.41) is 11.2. The van der Waals surface area contributed by atoms with Crippen LogP contribution in [0.15, 0.2) is 47.3 Å². The Morgan fingerprint density at radius 3 is 2.75 bits per heavy atom. The molecule has 6 heteroatoms. The van der Waals surface area contributed by atoms with E-state index in [9.17, 15) is 14.9 Å². The van der Waals surface area contributed by atoms with Gasteiger partial charge in [0.2, 0.25) is 0 Å². The average molecular weight is 325 g/mol. The van der Waals surface area contributed by atoms with Crippen molar-refractivity contribution < 1.29 is 4.92 Å². The smallest absolute Gasteiger partial charge is 0.273 e. The van der Waals surface area contributed by atoms with Gasteiger partial charge >= 0.3 is 0 Å². The SMILES string of the molecule is O=c1cccc2n1C[C@@H]1C[C@H]2CN(Cc2ccccc2[N+](=O)[O-])C1. The molecule has 2 bridgehead atoms. The van der Waals surface area contributed by atoms with E-state index in [0.717, 1.165) is 37.3 Å². The zero-order valence-corrected chi connectivity index (χ0v) is 13.3. The highest BCUT2D eigenvalue weighted by Gasteiger charge is 2.34. The van der Waals surface area contributed by atoms with Gasteiger partial charge in [0.1, 0.15) is 0 Å². The van der Waals surface area contributed by atoms with Gasteiger partial charge < -0.3 is 4.57 Å². The molecular weight excluding hydrogens is 306 g/mol. The molecule has 3 heterocycles. The third-order valence-electron chi connectivity index (χ3n) is 5.14. The van der Waals surface area contributed by atoms with E-state index in [4.69, 9.17) is 0 Å². The van der Waals surface area contributed by atoms with E-state index < -0.39 is 0 Å². The van der Waals surface area contributed by atoms with Gasteiger partial charge in [-0.2, -0.15) is 0 Å². The highest BCUT2D eigenvalue weighted by molar-refractivity contribution is 5.39. The molecule has 2 atom stereocenters. The molecule has 1 fully saturated rings. The van der Waals surface area contributed by atoms with Gasteiger partial charge in [-0.25, -0.2) is 0 Å². The van der Waals surface area contributed by atoms with Gasteiger partial charge in [-0.3, -0.25) is 19.8 Å². The van der Waals surface area contributed by atoms with Gasteiger partial charge in [0.05, 0.1) is 4.92 Å². The summed E-state index contributed by atoms with van der Waals surface area (Å²) in [7, 11) is 0. The highest BCUT2D eigenvalue weighted by atomic mass is 16.6. The number of piperidine rings is 1. The summed E-state index contributed by atoms with van der Waals surface area (Å²) in [5.41, 5.74) is 2.12. The summed E-state index contributed by atoms with van der Waals surface area (Å²) in [5.74, 6) is 0.758. The number of aromatic nitrogens is 1. The average Bonchev–Trinajstić information content (AvgIpc) is 2.56. The predicted octanol–water partition coefficient (Wildman–Crippen LogP) is 2.38. The minimum atomic E-state index is -0.311. The van der Waals surface area contributed by atoms with Crippen LogP contribution >= 0.6 is 0 Å². The molecule has 4 rings (SSSR count). The molecule has 2 aliphatic heterocycles. The Kier molecular flexibility index (Phi) is 3.69. The van der Waals surface area contributed by atoms with Gasteiger partial charge in [0.25, 0.3) is 11.2 Å². The molecular formula is C18H19N3O3. The third kappa shape index (κ3) is 2.63. The Morgan fingerprint density at radius 2 is 1.92 bits per heavy atom. The molecule has 2 aliphatic rings. The molecule has 0 saturated carbocycles. The number of hydrogen-bond donors (Lipinski definition) is 0. The fourth-order valence-electron chi connectivity index (χ4n) is 4.19. The second-order valence-corrected chi connectivity index (χ2v) is 6.78. The maximum Gasteiger partial charge on any atom is 0.273 e. The highest BCUT2D eigenvalue weighted by Crippen LogP contribution is 2.36. The minimum absolute atomic E-state index is 0.0781. The second kappa shape index (κ2) is 5.87. The van der Waals surface area contributed by atoms with Crippen molar-refractivity contribution in [2.45, 2.75) is 25.4 Å². The lowest BCUT2D eigenvalue weighted by atomic mass is 9.83. The van der Waals surface area contributed by atoms with E-state index in [1.54, 1.807) is 18.2 Å². The van der Waals surface area contributed by atoms with Crippen LogP contribution in [0, 0.1) is 16.0 Å². The lowest BCUT2D eigenvalue weighted by molar-refractivity contribution is -0.385. The third-order valence-corrected chi connectivity index (χ3v) is 5.14. The van der Waals surface area contributed by atoms with Gasteiger partial charge in [-0.15, -0.1) is 0 Å². The van der Waals surface area contributed by atoms with Crippen LogP contribution in [0.1, 0.15) is 23.6 Å². The van der Waals surface area contributed by atoms with Crippen molar-refractivity contribution in [3.63, 3.8) is 0 Å². The number of hydrogen-bond acceptors (Lipinski definition) is 4. The molecule has 6 nitrogen and oxygen atoms in total. The maximum atomic E-state index is 12.1. The van der Waals surface area contributed by atoms with Crippen LogP contribution in [-0.4, -0.2) is 27.5 Å². The molecule has 1 saturated heterocycles. The minimum Gasteiger partial charge on any atom is -0.312 e. The van der Waals surface area contributed by atoms with E-state index in [0.29, 0.717) is 18.4 Å². The maximum absolute atomic E-state index is 12.1. The Balaban J connectivity index is 1.59. The number of benzene rings is 1. The zero-order valence-electron chi connectivity index (χ0n) is 13.3. The van der Waals surface area contributed by atoms with Gasteiger partial charge in [-0.1, -0.05) is 24.3 Å². The number of pyridine rings is 1. The van der Waals surface area contributed by atoms with E-state index in [1.807, 2.05) is 28.8 Å². The normalized spacial score (nSPS) is 22.8. The van der Waals surface area contributed by atoms with Gasteiger partial charge in [0.15, 0.2) is 0 Å². The topological polar surface area (TPSA) is 68.4 Å². The first-order chi connectivity index (χ1) is 11.6. The molecule has 0 unspecified atom stereocenters. The molecule has 24 heavy (non-hydrogen) atoms. The van der Waals surface area contributed by atoms with Gasteiger partial charge in [-0.05, 0) is 18.4 Å². The first-order valence-electron chi connectivity index (χ1n) is 8.26. The number of nitrogens with zero attached hydrogens (tertiary/aromatic N) is 3. The van der Waals surface area contributed by atoms with Crippen LogP contribution in [0.5, 0.6) is 0 Å². The molecule has 124 valence electrons. The van der Waals surface area contributed by atoms with Crippen molar-refractivity contribution in [1.82, 2.24) is 9.47 Å². The molecule has 0 N–H and O–H groups in total. The first kappa shape index (κ1) is 15.1. The molecule has 0 aliphatic carbocycles. The van der Waals surface area contributed by atoms with E-state index in [1.165, 1.54) is 0 Å². The standard InChI is InChI=1S/C18H19N3O3/c22-18-7-3-6-16-15-8-13(10-20(16)18)9-19(12-15)11-14-4-1-2-5-17(14)21(23)24/h1-7,13,15H,8-12H2/t13-,15+/m1/s1. The van der Waals surface area contributed by atoms with Gasteiger partial charge in [0, 0.05) is 55.5 Å². The van der Waals surface area contributed by atoms with Crippen LogP contribution < -0.4 is 5.56 Å². The molecule has 1 aromatic carbocycles. The quantitative estimate of drug-likeness (QED) is 0.642. The summed E-state index contributed by atoms with van der Waals surface area (Å²) >= 11 is 0. The van der Waals surface area contributed by atoms with Crippen molar-refractivity contribution in [3.05, 3.63) is 74.2 Å². The molecule has 0 spiro atoms. The summed E-state index contributed by atoms with van der Waals surface area (Å²) in [4.78, 5) is 25.3. The molecule has 1 aromatic heterocycles. The second-order valence-electron chi connectivity index (χ2n) is 6.78. The van der Waals surface area contributed by atoms with Crippen molar-refractivity contribution in [2.75, 3.05) is 13.1 Å². The van der Waals surface area contributed by atoms with Crippen LogP contribution in [0.2, 0.25) is 0 Å². The van der Waals surface area contributed by atoms with Crippen molar-refractivity contribution in [2.24, 2.45) is 5.92 Å². The van der Waals surface area contributed by atoms with Crippen LogP contribution in [0.3, 0.4) is 0 Å². The number of nitro benzene ring substituents is 1. The number of nitro groups is 1. The summed E-state index contributed by atoms with van der Waals surface area (Å²) in [6.45, 7) is 3.05. The fraction of sp³-hybridized carbons (Fsp3) is 0.389. The van der Waals surface area contributed by atoms with E-state index in [2.05, 4.69) is 4.90 Å². The number of fused-ring (bicyclic) bond motifs is 4. The van der Waals surface area contributed by atoms with E-state index in [-0.39, 0.29) is 16.2 Å². The predicted molar refractivity (Wildman–Crippen MR) is 89.9 cm³/mol. The van der Waals surface area contributed by atoms with Crippen LogP contribution in [-0.2, 0) is 13.1 Å². The van der Waals surface area contributed by atoms with Crippen LogP contribution in [0.25, 0.3) is 0 Å². The first-order valence-corrected chi connectivity index (χ1v) is 8.26. The van der Waals surface area contributed by atoms with Crippen molar-refractivity contribution >= 4 is 5.69 Å². The van der Waals surface area contributed by atoms with E-state index >= 15 is 0 Å². The summed E-state index contributed by atoms with van der Waals surface area (Å²) in [6.07, 6.45) is 1.09. The Hall–Kier alpha value is -2.47. The Bertz CT molecular complexity index is 845. The zero-order chi connectivity index (χ0) is 16.7. The lowest BCUT2D eigenvalue weighted by Crippen LogP contribution is -2.46. The van der Waals surface area contributed by atoms with Crippen molar-refractivity contribution in [3.8, 4) is 0 Å². The molecule has 0 amide bonds. The summed E-state index contributed by atoms with van der Waals surface area (Å²) < 4.78 is 1.90. The van der Waals surface area contributed by atoms with Crippen molar-refractivity contribution in [1.29, 1.82) is 0 Å². The number of rotatable bonds is 3. The molecule has 2 aromatic rings. The number of para-hydroxylation sites is 1. The fourth-order valence-corrected chi connectivity index (χ4v) is 4.19. The Morgan fingerprint density at radius 1 is 1.08 bits per heavy atom. The largest absolute Gasteiger partial charge is 0.312 e. The monoisotopic (exact) mass is 325 g/mol. The Labute approximate surface area is 139 Å². The summed E-state index contributed by atoms with van der Waals surface area (Å²) in [6, 6.07) is 12.4. The lowest BCUT2D eigenvalue weighted by Gasteiger charge is -2.42.